The standard InChI is InChI=1S/C21H40N2O2/c1-4-5-6-7-8-9-10-11-12-13-14-15-16-17-18-21(2,3)19-20(24)22-23-25-19/h19H,4-18H2,1-3H3. The van der Waals surface area contributed by atoms with Crippen LogP contribution < -0.4 is 0 Å². The molecular formula is C21H40N2O2. The zero-order valence-electron chi connectivity index (χ0n) is 16.9. The van der Waals surface area contributed by atoms with Gasteiger partial charge >= 0.3 is 5.91 Å². The van der Waals surface area contributed by atoms with Crippen LogP contribution in [0.2, 0.25) is 0 Å². The highest BCUT2D eigenvalue weighted by Crippen LogP contribution is 2.33. The highest BCUT2D eigenvalue weighted by Gasteiger charge is 2.40. The molecule has 25 heavy (non-hydrogen) atoms. The molecule has 0 bridgehead atoms. The Morgan fingerprint density at radius 2 is 1.24 bits per heavy atom. The van der Waals surface area contributed by atoms with Gasteiger partial charge in [-0.1, -0.05) is 116 Å². The van der Waals surface area contributed by atoms with Gasteiger partial charge in [-0.3, -0.25) is 4.79 Å². The number of carbonyl (C=O) groups excluding carboxylic acids is 1. The third-order valence-electron chi connectivity index (χ3n) is 5.40. The summed E-state index contributed by atoms with van der Waals surface area (Å²) in [6.07, 6.45) is 19.7. The van der Waals surface area contributed by atoms with Crippen molar-refractivity contribution < 1.29 is 9.63 Å². The second kappa shape index (κ2) is 13.3. The van der Waals surface area contributed by atoms with E-state index in [2.05, 4.69) is 31.2 Å². The molecule has 1 aliphatic rings. The van der Waals surface area contributed by atoms with E-state index in [9.17, 15) is 4.79 Å². The van der Waals surface area contributed by atoms with E-state index in [0.29, 0.717) is 0 Å². The van der Waals surface area contributed by atoms with Crippen molar-refractivity contribution >= 4 is 5.91 Å². The van der Waals surface area contributed by atoms with E-state index in [1.54, 1.807) is 0 Å². The van der Waals surface area contributed by atoms with Crippen molar-refractivity contribution in [2.75, 3.05) is 0 Å². The van der Waals surface area contributed by atoms with Gasteiger partial charge in [0.2, 0.25) is 6.10 Å². The van der Waals surface area contributed by atoms with Gasteiger partial charge in [-0.15, -0.1) is 0 Å². The van der Waals surface area contributed by atoms with Crippen LogP contribution >= 0.6 is 0 Å². The summed E-state index contributed by atoms with van der Waals surface area (Å²) < 4.78 is 0. The lowest BCUT2D eigenvalue weighted by atomic mass is 9.81. The smallest absolute Gasteiger partial charge is 0.311 e. The Morgan fingerprint density at radius 1 is 0.800 bits per heavy atom. The fraction of sp³-hybridized carbons (Fsp3) is 0.952. The maximum absolute atomic E-state index is 11.6. The third-order valence-corrected chi connectivity index (χ3v) is 5.40. The molecule has 0 spiro atoms. The van der Waals surface area contributed by atoms with E-state index in [-0.39, 0.29) is 11.3 Å². The molecule has 0 aromatic carbocycles. The molecule has 1 aliphatic heterocycles. The zero-order chi connectivity index (χ0) is 18.4. The van der Waals surface area contributed by atoms with E-state index in [4.69, 9.17) is 4.84 Å². The van der Waals surface area contributed by atoms with E-state index in [0.717, 1.165) is 12.8 Å². The molecule has 1 unspecified atom stereocenters. The van der Waals surface area contributed by atoms with Crippen molar-refractivity contribution in [1.82, 2.24) is 0 Å². The second-order valence-electron chi connectivity index (χ2n) is 8.34. The minimum absolute atomic E-state index is 0.169. The Balaban J connectivity index is 1.85. The SMILES string of the molecule is CCCCCCCCCCCCCCCCC(C)(C)C1ON=NC1=O. The summed E-state index contributed by atoms with van der Waals surface area (Å²) >= 11 is 0. The normalized spacial score (nSPS) is 17.2. The summed E-state index contributed by atoms with van der Waals surface area (Å²) in [4.78, 5) is 16.7. The average molecular weight is 353 g/mol. The van der Waals surface area contributed by atoms with Crippen LogP contribution in [0.25, 0.3) is 0 Å². The molecule has 0 N–H and O–H groups in total. The highest BCUT2D eigenvalue weighted by atomic mass is 16.7. The first kappa shape index (κ1) is 22.1. The van der Waals surface area contributed by atoms with E-state index >= 15 is 0 Å². The molecule has 146 valence electrons. The first-order chi connectivity index (χ1) is 12.1. The topological polar surface area (TPSA) is 51.0 Å². The number of hydrogen-bond donors (Lipinski definition) is 0. The van der Waals surface area contributed by atoms with Crippen LogP contribution in [-0.4, -0.2) is 12.0 Å². The van der Waals surface area contributed by atoms with Crippen LogP contribution in [0.3, 0.4) is 0 Å². The van der Waals surface area contributed by atoms with Gasteiger partial charge in [0.15, 0.2) is 0 Å². The molecular weight excluding hydrogens is 312 g/mol. The fourth-order valence-electron chi connectivity index (χ4n) is 3.59. The van der Waals surface area contributed by atoms with Gasteiger partial charge in [0.05, 0.1) is 0 Å². The molecule has 0 saturated carbocycles. The van der Waals surface area contributed by atoms with Crippen molar-refractivity contribution in [2.45, 2.75) is 123 Å². The minimum Gasteiger partial charge on any atom is -0.365 e. The summed E-state index contributed by atoms with van der Waals surface area (Å²) in [5.74, 6) is -0.227. The maximum atomic E-state index is 11.6. The van der Waals surface area contributed by atoms with E-state index in [1.807, 2.05) is 0 Å². The predicted molar refractivity (Wildman–Crippen MR) is 103 cm³/mol. The molecule has 0 saturated heterocycles. The lowest BCUT2D eigenvalue weighted by molar-refractivity contribution is -0.130. The maximum Gasteiger partial charge on any atom is 0.311 e. The molecule has 4 heteroatoms. The summed E-state index contributed by atoms with van der Waals surface area (Å²) in [7, 11) is 0. The fourth-order valence-corrected chi connectivity index (χ4v) is 3.59. The summed E-state index contributed by atoms with van der Waals surface area (Å²) in [5.41, 5.74) is -0.169. The Labute approximate surface area is 155 Å². The zero-order valence-corrected chi connectivity index (χ0v) is 16.9. The molecule has 1 atom stereocenters. The summed E-state index contributed by atoms with van der Waals surface area (Å²) in [6.45, 7) is 6.43. The molecule has 1 heterocycles. The lowest BCUT2D eigenvalue weighted by Gasteiger charge is -2.27. The van der Waals surface area contributed by atoms with Gasteiger partial charge in [0, 0.05) is 10.7 Å². The Bertz CT molecular complexity index is 380. The van der Waals surface area contributed by atoms with Crippen molar-refractivity contribution in [3.8, 4) is 0 Å². The predicted octanol–water partition coefficient (Wildman–Crippen LogP) is 7.18. The van der Waals surface area contributed by atoms with Gasteiger partial charge < -0.3 is 4.84 Å². The van der Waals surface area contributed by atoms with Crippen LogP contribution in [0.1, 0.15) is 117 Å². The third kappa shape index (κ3) is 9.96. The molecule has 0 aromatic rings. The molecule has 1 rings (SSSR count). The first-order valence-corrected chi connectivity index (χ1v) is 10.7. The molecule has 0 aliphatic carbocycles. The molecule has 0 fully saturated rings. The minimum atomic E-state index is -0.477. The van der Waals surface area contributed by atoms with Crippen molar-refractivity contribution in [3.63, 3.8) is 0 Å². The van der Waals surface area contributed by atoms with Crippen LogP contribution in [0.15, 0.2) is 10.4 Å². The quantitative estimate of drug-likeness (QED) is 0.276. The van der Waals surface area contributed by atoms with Gasteiger partial charge in [-0.05, 0) is 6.42 Å². The van der Waals surface area contributed by atoms with E-state index < -0.39 is 6.10 Å². The number of carbonyl (C=O) groups is 1. The summed E-state index contributed by atoms with van der Waals surface area (Å²) in [6, 6.07) is 0. The van der Waals surface area contributed by atoms with Crippen LogP contribution in [0.5, 0.6) is 0 Å². The number of rotatable bonds is 16. The number of unbranched alkanes of at least 4 members (excludes halogenated alkanes) is 13. The monoisotopic (exact) mass is 352 g/mol. The summed E-state index contributed by atoms with van der Waals surface area (Å²) in [5, 5.41) is 6.87. The lowest BCUT2D eigenvalue weighted by Crippen LogP contribution is -2.34. The van der Waals surface area contributed by atoms with Crippen LogP contribution in [0, 0.1) is 5.41 Å². The van der Waals surface area contributed by atoms with Crippen molar-refractivity contribution in [1.29, 1.82) is 0 Å². The van der Waals surface area contributed by atoms with Gasteiger partial charge in [-0.25, -0.2) is 0 Å². The number of amides is 1. The van der Waals surface area contributed by atoms with Gasteiger partial charge in [0.25, 0.3) is 0 Å². The molecule has 4 nitrogen and oxygen atoms in total. The number of nitrogens with zero attached hydrogens (tertiary/aromatic N) is 2. The van der Waals surface area contributed by atoms with Crippen molar-refractivity contribution in [2.24, 2.45) is 15.8 Å². The Hall–Kier alpha value is -0.930. The van der Waals surface area contributed by atoms with Crippen LogP contribution in [0.4, 0.5) is 0 Å². The first-order valence-electron chi connectivity index (χ1n) is 10.7. The van der Waals surface area contributed by atoms with E-state index in [1.165, 1.54) is 83.5 Å². The molecule has 1 amide bonds. The number of hydrogen-bond acceptors (Lipinski definition) is 3. The Kier molecular flexibility index (Phi) is 11.8. The van der Waals surface area contributed by atoms with Crippen molar-refractivity contribution in [3.05, 3.63) is 0 Å². The largest absolute Gasteiger partial charge is 0.365 e. The molecule has 0 radical (unpaired) electrons. The second-order valence-corrected chi connectivity index (χ2v) is 8.34. The van der Waals surface area contributed by atoms with Gasteiger partial charge in [0.1, 0.15) is 0 Å². The van der Waals surface area contributed by atoms with Crippen LogP contribution in [-0.2, 0) is 9.63 Å². The highest BCUT2D eigenvalue weighted by molar-refractivity contribution is 5.82. The Morgan fingerprint density at radius 3 is 1.64 bits per heavy atom. The molecule has 0 aromatic heterocycles. The average Bonchev–Trinajstić information content (AvgIpc) is 3.02. The van der Waals surface area contributed by atoms with Gasteiger partial charge in [-0.2, -0.15) is 0 Å².